The van der Waals surface area contributed by atoms with Crippen LogP contribution in [0.4, 0.5) is 0 Å². The van der Waals surface area contributed by atoms with Crippen LogP contribution < -0.4 is 10.6 Å². The third-order valence-corrected chi connectivity index (χ3v) is 3.07. The van der Waals surface area contributed by atoms with Crippen molar-refractivity contribution >= 4 is 5.91 Å². The highest BCUT2D eigenvalue weighted by molar-refractivity contribution is 5.76. The van der Waals surface area contributed by atoms with Crippen LogP contribution >= 0.6 is 0 Å². The Bertz CT molecular complexity index is 365. The molecule has 1 amide bonds. The van der Waals surface area contributed by atoms with E-state index < -0.39 is 0 Å². The molecular formula is C16H27N3O. The Kier molecular flexibility index (Phi) is 8.67. The van der Waals surface area contributed by atoms with E-state index >= 15 is 0 Å². The highest BCUT2D eigenvalue weighted by Gasteiger charge is 2.00. The van der Waals surface area contributed by atoms with E-state index in [1.807, 2.05) is 18.2 Å². The lowest BCUT2D eigenvalue weighted by atomic mass is 10.1. The van der Waals surface area contributed by atoms with Gasteiger partial charge in [0.15, 0.2) is 0 Å². The minimum absolute atomic E-state index is 0.126. The van der Waals surface area contributed by atoms with Crippen molar-refractivity contribution < 1.29 is 4.79 Å². The second-order valence-corrected chi connectivity index (χ2v) is 5.24. The summed E-state index contributed by atoms with van der Waals surface area (Å²) in [6.07, 6.45) is 2.56. The van der Waals surface area contributed by atoms with Gasteiger partial charge in [0, 0.05) is 19.5 Å². The van der Waals surface area contributed by atoms with Gasteiger partial charge in [-0.05, 0) is 45.6 Å². The summed E-state index contributed by atoms with van der Waals surface area (Å²) in [5.41, 5.74) is 1.26. The van der Waals surface area contributed by atoms with Crippen molar-refractivity contribution in [3.05, 3.63) is 35.9 Å². The Morgan fingerprint density at radius 3 is 2.55 bits per heavy atom. The van der Waals surface area contributed by atoms with Crippen LogP contribution in [0.3, 0.4) is 0 Å². The van der Waals surface area contributed by atoms with Crippen LogP contribution in [0.2, 0.25) is 0 Å². The minimum Gasteiger partial charge on any atom is -0.356 e. The first-order valence-electron chi connectivity index (χ1n) is 7.34. The number of carbonyl (C=O) groups is 1. The number of rotatable bonds is 10. The lowest BCUT2D eigenvalue weighted by molar-refractivity contribution is -0.120. The van der Waals surface area contributed by atoms with Crippen LogP contribution in [-0.4, -0.2) is 51.1 Å². The molecule has 0 heterocycles. The quantitative estimate of drug-likeness (QED) is 0.633. The number of hydrogen-bond donors (Lipinski definition) is 2. The molecule has 1 rings (SSSR count). The summed E-state index contributed by atoms with van der Waals surface area (Å²) >= 11 is 0. The summed E-state index contributed by atoms with van der Waals surface area (Å²) in [4.78, 5) is 13.8. The first-order chi connectivity index (χ1) is 9.68. The highest BCUT2D eigenvalue weighted by Crippen LogP contribution is 1.98. The van der Waals surface area contributed by atoms with Crippen LogP contribution in [-0.2, 0) is 11.2 Å². The molecule has 0 aliphatic heterocycles. The first kappa shape index (κ1) is 16.7. The van der Waals surface area contributed by atoms with Gasteiger partial charge in [0.1, 0.15) is 0 Å². The number of carbonyl (C=O) groups excluding carboxylic acids is 1. The lowest BCUT2D eigenvalue weighted by Crippen LogP contribution is -2.30. The third-order valence-electron chi connectivity index (χ3n) is 3.07. The molecule has 0 aliphatic rings. The van der Waals surface area contributed by atoms with Gasteiger partial charge in [-0.3, -0.25) is 4.79 Å². The van der Waals surface area contributed by atoms with Crippen LogP contribution in [0.25, 0.3) is 0 Å². The molecule has 1 aromatic carbocycles. The zero-order chi connectivity index (χ0) is 14.6. The summed E-state index contributed by atoms with van der Waals surface area (Å²) in [5, 5.41) is 6.25. The van der Waals surface area contributed by atoms with E-state index in [4.69, 9.17) is 0 Å². The summed E-state index contributed by atoms with van der Waals surface area (Å²) in [6.45, 7) is 3.51. The first-order valence-corrected chi connectivity index (χ1v) is 7.34. The van der Waals surface area contributed by atoms with Gasteiger partial charge < -0.3 is 15.5 Å². The van der Waals surface area contributed by atoms with E-state index in [1.54, 1.807) is 0 Å². The molecule has 0 fully saturated rings. The fraction of sp³-hybridized carbons (Fsp3) is 0.562. The van der Waals surface area contributed by atoms with Crippen molar-refractivity contribution in [2.24, 2.45) is 0 Å². The maximum atomic E-state index is 11.6. The molecule has 4 nitrogen and oxygen atoms in total. The highest BCUT2D eigenvalue weighted by atomic mass is 16.1. The second kappa shape index (κ2) is 10.4. The fourth-order valence-electron chi connectivity index (χ4n) is 1.93. The van der Waals surface area contributed by atoms with Crippen molar-refractivity contribution in [3.63, 3.8) is 0 Å². The van der Waals surface area contributed by atoms with E-state index in [0.717, 1.165) is 32.5 Å². The Morgan fingerprint density at radius 2 is 1.85 bits per heavy atom. The standard InChI is InChI=1S/C16H27N3O/c1-19(2)14-6-11-17-12-10-16(20)18-13-9-15-7-4-3-5-8-15/h3-5,7-8,17H,6,9-14H2,1-2H3,(H,18,20). The van der Waals surface area contributed by atoms with Gasteiger partial charge in [-0.15, -0.1) is 0 Å². The number of benzene rings is 1. The summed E-state index contributed by atoms with van der Waals surface area (Å²) in [7, 11) is 4.14. The molecule has 112 valence electrons. The van der Waals surface area contributed by atoms with Crippen molar-refractivity contribution in [2.45, 2.75) is 19.3 Å². The predicted molar refractivity (Wildman–Crippen MR) is 83.8 cm³/mol. The monoisotopic (exact) mass is 277 g/mol. The molecule has 0 unspecified atom stereocenters. The van der Waals surface area contributed by atoms with Crippen molar-refractivity contribution in [1.82, 2.24) is 15.5 Å². The zero-order valence-electron chi connectivity index (χ0n) is 12.7. The molecule has 4 heteroatoms. The summed E-state index contributed by atoms with van der Waals surface area (Å²) in [6, 6.07) is 10.2. The van der Waals surface area contributed by atoms with Crippen LogP contribution in [0.15, 0.2) is 30.3 Å². The largest absolute Gasteiger partial charge is 0.356 e. The Morgan fingerprint density at radius 1 is 1.10 bits per heavy atom. The van der Waals surface area contributed by atoms with E-state index in [-0.39, 0.29) is 5.91 Å². The predicted octanol–water partition coefficient (Wildman–Crippen LogP) is 1.28. The maximum absolute atomic E-state index is 11.6. The number of amides is 1. The molecule has 20 heavy (non-hydrogen) atoms. The molecule has 0 atom stereocenters. The molecule has 0 saturated heterocycles. The Labute approximate surface area is 122 Å². The average Bonchev–Trinajstić information content (AvgIpc) is 2.43. The lowest BCUT2D eigenvalue weighted by Gasteiger charge is -2.10. The van der Waals surface area contributed by atoms with E-state index in [1.165, 1.54) is 5.56 Å². The molecule has 0 aliphatic carbocycles. The van der Waals surface area contributed by atoms with Crippen molar-refractivity contribution in [2.75, 3.05) is 40.3 Å². The molecule has 0 aromatic heterocycles. The van der Waals surface area contributed by atoms with Crippen molar-refractivity contribution in [3.8, 4) is 0 Å². The Hall–Kier alpha value is -1.39. The van der Waals surface area contributed by atoms with Crippen LogP contribution in [0.1, 0.15) is 18.4 Å². The van der Waals surface area contributed by atoms with Crippen LogP contribution in [0.5, 0.6) is 0 Å². The maximum Gasteiger partial charge on any atom is 0.221 e. The van der Waals surface area contributed by atoms with Gasteiger partial charge in [-0.1, -0.05) is 30.3 Å². The third kappa shape index (κ3) is 8.67. The molecule has 0 spiro atoms. The molecule has 2 N–H and O–H groups in total. The fourth-order valence-corrected chi connectivity index (χ4v) is 1.93. The number of hydrogen-bond acceptors (Lipinski definition) is 3. The van der Waals surface area contributed by atoms with Gasteiger partial charge in [-0.25, -0.2) is 0 Å². The molecular weight excluding hydrogens is 250 g/mol. The molecule has 0 bridgehead atoms. The normalized spacial score (nSPS) is 10.8. The van der Waals surface area contributed by atoms with Gasteiger partial charge in [-0.2, -0.15) is 0 Å². The topological polar surface area (TPSA) is 44.4 Å². The second-order valence-electron chi connectivity index (χ2n) is 5.24. The Balaban J connectivity index is 1.95. The van der Waals surface area contributed by atoms with Gasteiger partial charge >= 0.3 is 0 Å². The van der Waals surface area contributed by atoms with Crippen LogP contribution in [0, 0.1) is 0 Å². The molecule has 0 radical (unpaired) electrons. The molecule has 0 saturated carbocycles. The summed E-state index contributed by atoms with van der Waals surface area (Å²) in [5.74, 6) is 0.126. The van der Waals surface area contributed by atoms with Gasteiger partial charge in [0.2, 0.25) is 5.91 Å². The van der Waals surface area contributed by atoms with E-state index in [9.17, 15) is 4.79 Å². The zero-order valence-corrected chi connectivity index (χ0v) is 12.7. The van der Waals surface area contributed by atoms with E-state index in [0.29, 0.717) is 13.0 Å². The smallest absolute Gasteiger partial charge is 0.221 e. The van der Waals surface area contributed by atoms with Gasteiger partial charge in [0.05, 0.1) is 0 Å². The SMILES string of the molecule is CN(C)CCCNCCC(=O)NCCc1ccccc1. The minimum atomic E-state index is 0.126. The summed E-state index contributed by atoms with van der Waals surface area (Å²) < 4.78 is 0. The van der Waals surface area contributed by atoms with E-state index in [2.05, 4.69) is 41.8 Å². The number of nitrogens with zero attached hydrogens (tertiary/aromatic N) is 1. The van der Waals surface area contributed by atoms with Gasteiger partial charge in [0.25, 0.3) is 0 Å². The molecule has 1 aromatic rings. The average molecular weight is 277 g/mol. The number of nitrogens with one attached hydrogen (secondary N) is 2. The van der Waals surface area contributed by atoms with Crippen molar-refractivity contribution in [1.29, 1.82) is 0 Å².